The van der Waals surface area contributed by atoms with Crippen molar-refractivity contribution >= 4 is 17.8 Å². The summed E-state index contributed by atoms with van der Waals surface area (Å²) in [4.78, 5) is 39.0. The number of piperidine rings is 1. The standard InChI is InChI=1S/C19H32N4O3/c1-12-8-18(3,4)11-19(9-12)16(25)23(17(26)22-19)10-15(24)21-14-5-6-20-13(2)7-14/h12-14,20H,5-11H2,1-4H3,(H,21,24)(H,22,26). The second-order valence-electron chi connectivity index (χ2n) is 9.40. The zero-order chi connectivity index (χ0) is 19.1. The van der Waals surface area contributed by atoms with E-state index in [0.717, 1.165) is 30.7 Å². The van der Waals surface area contributed by atoms with E-state index < -0.39 is 11.6 Å². The molecular formula is C19H32N4O3. The molecule has 7 nitrogen and oxygen atoms in total. The Morgan fingerprint density at radius 2 is 2.00 bits per heavy atom. The maximum atomic E-state index is 13.1. The molecule has 0 aromatic rings. The largest absolute Gasteiger partial charge is 0.352 e. The van der Waals surface area contributed by atoms with Crippen LogP contribution in [0.15, 0.2) is 0 Å². The van der Waals surface area contributed by atoms with Gasteiger partial charge in [-0.15, -0.1) is 0 Å². The lowest BCUT2D eigenvalue weighted by Gasteiger charge is -2.43. The van der Waals surface area contributed by atoms with Crippen LogP contribution in [0.3, 0.4) is 0 Å². The average Bonchev–Trinajstić information content (AvgIpc) is 2.68. The van der Waals surface area contributed by atoms with E-state index in [0.29, 0.717) is 24.8 Å². The number of rotatable bonds is 3. The van der Waals surface area contributed by atoms with Gasteiger partial charge in [0.2, 0.25) is 5.91 Å². The fourth-order valence-corrected chi connectivity index (χ4v) is 5.33. The van der Waals surface area contributed by atoms with Crippen LogP contribution < -0.4 is 16.0 Å². The number of urea groups is 1. The summed E-state index contributed by atoms with van der Waals surface area (Å²) in [6, 6.07) is 0.0239. The quantitative estimate of drug-likeness (QED) is 0.660. The Labute approximate surface area is 155 Å². The Morgan fingerprint density at radius 1 is 1.27 bits per heavy atom. The minimum atomic E-state index is -0.845. The molecule has 2 saturated heterocycles. The fourth-order valence-electron chi connectivity index (χ4n) is 5.33. The van der Waals surface area contributed by atoms with Gasteiger partial charge in [0, 0.05) is 12.1 Å². The molecule has 0 aromatic heterocycles. The van der Waals surface area contributed by atoms with Crippen LogP contribution in [0.25, 0.3) is 0 Å². The van der Waals surface area contributed by atoms with Crippen molar-refractivity contribution in [3.63, 3.8) is 0 Å². The van der Waals surface area contributed by atoms with Crippen molar-refractivity contribution in [2.24, 2.45) is 11.3 Å². The fraction of sp³-hybridized carbons (Fsp3) is 0.842. The van der Waals surface area contributed by atoms with Crippen LogP contribution in [0.2, 0.25) is 0 Å². The van der Waals surface area contributed by atoms with Crippen LogP contribution in [0.5, 0.6) is 0 Å². The Balaban J connectivity index is 1.64. The molecule has 3 N–H and O–H groups in total. The molecule has 1 spiro atoms. The van der Waals surface area contributed by atoms with Gasteiger partial charge in [0.15, 0.2) is 0 Å². The van der Waals surface area contributed by atoms with Gasteiger partial charge in [-0.1, -0.05) is 20.8 Å². The predicted octanol–water partition coefficient (Wildman–Crippen LogP) is 1.38. The summed E-state index contributed by atoms with van der Waals surface area (Å²) < 4.78 is 0. The van der Waals surface area contributed by atoms with Crippen LogP contribution in [0.1, 0.15) is 59.8 Å². The molecule has 3 rings (SSSR count). The lowest BCUT2D eigenvalue weighted by molar-refractivity contribution is -0.137. The summed E-state index contributed by atoms with van der Waals surface area (Å²) in [6.45, 7) is 9.15. The molecule has 3 aliphatic rings. The van der Waals surface area contributed by atoms with Crippen LogP contribution in [-0.2, 0) is 9.59 Å². The molecule has 146 valence electrons. The molecule has 2 aliphatic heterocycles. The van der Waals surface area contributed by atoms with Crippen molar-refractivity contribution in [1.29, 1.82) is 0 Å². The second kappa shape index (κ2) is 6.83. The van der Waals surface area contributed by atoms with E-state index in [4.69, 9.17) is 0 Å². The molecule has 0 radical (unpaired) electrons. The van der Waals surface area contributed by atoms with Crippen molar-refractivity contribution in [3.8, 4) is 0 Å². The third-order valence-electron chi connectivity index (χ3n) is 5.91. The van der Waals surface area contributed by atoms with E-state index in [1.54, 1.807) is 0 Å². The van der Waals surface area contributed by atoms with Crippen molar-refractivity contribution in [2.75, 3.05) is 13.1 Å². The van der Waals surface area contributed by atoms with E-state index in [1.807, 2.05) is 0 Å². The zero-order valence-electron chi connectivity index (χ0n) is 16.4. The summed E-state index contributed by atoms with van der Waals surface area (Å²) in [5, 5.41) is 9.24. The second-order valence-corrected chi connectivity index (χ2v) is 9.40. The Bertz CT molecular complexity index is 606. The summed E-state index contributed by atoms with van der Waals surface area (Å²) in [5.41, 5.74) is -0.855. The van der Waals surface area contributed by atoms with Crippen molar-refractivity contribution in [1.82, 2.24) is 20.9 Å². The zero-order valence-corrected chi connectivity index (χ0v) is 16.4. The van der Waals surface area contributed by atoms with Gasteiger partial charge in [0.1, 0.15) is 12.1 Å². The highest BCUT2D eigenvalue weighted by Gasteiger charge is 2.56. The molecule has 4 atom stereocenters. The van der Waals surface area contributed by atoms with E-state index >= 15 is 0 Å². The van der Waals surface area contributed by atoms with Gasteiger partial charge in [-0.05, 0) is 56.9 Å². The van der Waals surface area contributed by atoms with Crippen molar-refractivity contribution < 1.29 is 14.4 Å². The van der Waals surface area contributed by atoms with Gasteiger partial charge in [-0.3, -0.25) is 14.5 Å². The first-order valence-corrected chi connectivity index (χ1v) is 9.77. The highest BCUT2D eigenvalue weighted by atomic mass is 16.2. The van der Waals surface area contributed by atoms with Gasteiger partial charge < -0.3 is 16.0 Å². The number of imide groups is 1. The van der Waals surface area contributed by atoms with Crippen molar-refractivity contribution in [3.05, 3.63) is 0 Å². The lowest BCUT2D eigenvalue weighted by atomic mass is 9.64. The number of carbonyl (C=O) groups is 3. The van der Waals surface area contributed by atoms with Crippen LogP contribution >= 0.6 is 0 Å². The maximum Gasteiger partial charge on any atom is 0.325 e. The number of nitrogens with one attached hydrogen (secondary N) is 3. The summed E-state index contributed by atoms with van der Waals surface area (Å²) in [6.07, 6.45) is 4.03. The monoisotopic (exact) mass is 364 g/mol. The molecule has 3 fully saturated rings. The van der Waals surface area contributed by atoms with Gasteiger partial charge in [-0.2, -0.15) is 0 Å². The van der Waals surface area contributed by atoms with Crippen LogP contribution in [-0.4, -0.2) is 53.5 Å². The number of hydrogen-bond acceptors (Lipinski definition) is 4. The average molecular weight is 364 g/mol. The van der Waals surface area contributed by atoms with Gasteiger partial charge in [-0.25, -0.2) is 4.79 Å². The van der Waals surface area contributed by atoms with Gasteiger partial charge >= 0.3 is 6.03 Å². The predicted molar refractivity (Wildman–Crippen MR) is 98.4 cm³/mol. The molecule has 26 heavy (non-hydrogen) atoms. The normalized spacial score (nSPS) is 36.9. The molecule has 2 heterocycles. The molecule has 0 aromatic carbocycles. The highest BCUT2D eigenvalue weighted by molar-refractivity contribution is 6.09. The first-order valence-electron chi connectivity index (χ1n) is 9.77. The first kappa shape index (κ1) is 19.1. The van der Waals surface area contributed by atoms with E-state index in [2.05, 4.69) is 43.6 Å². The number of amides is 4. The first-order chi connectivity index (χ1) is 12.1. The Hall–Kier alpha value is -1.63. The van der Waals surface area contributed by atoms with Gasteiger partial charge in [0.05, 0.1) is 0 Å². The smallest absolute Gasteiger partial charge is 0.325 e. The molecular weight excluding hydrogens is 332 g/mol. The molecule has 4 unspecified atom stereocenters. The van der Waals surface area contributed by atoms with Crippen molar-refractivity contribution in [2.45, 2.75) is 77.4 Å². The van der Waals surface area contributed by atoms with Gasteiger partial charge in [0.25, 0.3) is 5.91 Å². The number of nitrogens with zero attached hydrogens (tertiary/aromatic N) is 1. The topological polar surface area (TPSA) is 90.5 Å². The summed E-state index contributed by atoms with van der Waals surface area (Å²) in [5.74, 6) is -0.142. The minimum Gasteiger partial charge on any atom is -0.352 e. The van der Waals surface area contributed by atoms with Crippen LogP contribution in [0, 0.1) is 11.3 Å². The summed E-state index contributed by atoms with van der Waals surface area (Å²) >= 11 is 0. The van der Waals surface area contributed by atoms with Crippen LogP contribution in [0.4, 0.5) is 4.79 Å². The maximum absolute atomic E-state index is 13.1. The molecule has 0 bridgehead atoms. The third-order valence-corrected chi connectivity index (χ3v) is 5.91. The molecule has 4 amide bonds. The number of carbonyl (C=O) groups excluding carboxylic acids is 3. The Kier molecular flexibility index (Phi) is 5.03. The lowest BCUT2D eigenvalue weighted by Crippen LogP contribution is -2.54. The Morgan fingerprint density at radius 3 is 2.65 bits per heavy atom. The summed E-state index contributed by atoms with van der Waals surface area (Å²) in [7, 11) is 0. The van der Waals surface area contributed by atoms with E-state index in [1.165, 1.54) is 0 Å². The molecule has 1 saturated carbocycles. The molecule has 1 aliphatic carbocycles. The molecule has 7 heteroatoms. The third kappa shape index (κ3) is 3.87. The van der Waals surface area contributed by atoms with E-state index in [-0.39, 0.29) is 29.8 Å². The SMILES string of the molecule is CC1CC(C)(C)CC2(C1)NC(=O)N(CC(=O)NC1CCNC(C)C1)C2=O. The number of hydrogen-bond donors (Lipinski definition) is 3. The van der Waals surface area contributed by atoms with E-state index in [9.17, 15) is 14.4 Å². The minimum absolute atomic E-state index is 0.00981. The highest BCUT2D eigenvalue weighted by Crippen LogP contribution is 2.46.